The molecule has 6 nitrogen and oxygen atoms in total. The Labute approximate surface area is 171 Å². The lowest BCUT2D eigenvalue weighted by molar-refractivity contribution is -0.116. The van der Waals surface area contributed by atoms with E-state index in [1.807, 2.05) is 43.3 Å². The minimum atomic E-state index is -3.69. The van der Waals surface area contributed by atoms with Crippen LogP contribution in [0.25, 0.3) is 10.8 Å². The fourth-order valence-corrected chi connectivity index (χ4v) is 4.41. The first-order chi connectivity index (χ1) is 13.8. The molecule has 0 aliphatic rings. The maximum Gasteiger partial charge on any atom is 0.248 e. The van der Waals surface area contributed by atoms with E-state index in [1.165, 1.54) is 0 Å². The van der Waals surface area contributed by atoms with E-state index in [4.69, 9.17) is 4.74 Å². The van der Waals surface area contributed by atoms with Gasteiger partial charge >= 0.3 is 0 Å². The molecule has 0 fully saturated rings. The van der Waals surface area contributed by atoms with Crippen molar-refractivity contribution in [1.29, 1.82) is 0 Å². The van der Waals surface area contributed by atoms with E-state index in [0.29, 0.717) is 23.7 Å². The average Bonchev–Trinajstić information content (AvgIpc) is 2.69. The number of fused-ring (bicyclic) bond motifs is 1. The number of hydrogen-bond acceptors (Lipinski definition) is 4. The Bertz CT molecular complexity index is 1110. The van der Waals surface area contributed by atoms with Crippen molar-refractivity contribution in [2.45, 2.75) is 19.9 Å². The maximum atomic E-state index is 12.9. The van der Waals surface area contributed by atoms with Crippen molar-refractivity contribution < 1.29 is 17.9 Å². The molecule has 3 rings (SSSR count). The Kier molecular flexibility index (Phi) is 6.08. The Morgan fingerprint density at radius 1 is 1.03 bits per heavy atom. The second-order valence-electron chi connectivity index (χ2n) is 6.68. The number of ether oxygens (including phenoxy) is 1. The van der Waals surface area contributed by atoms with Crippen LogP contribution in [0.5, 0.6) is 5.75 Å². The van der Waals surface area contributed by atoms with Gasteiger partial charge in [-0.3, -0.25) is 9.10 Å². The Morgan fingerprint density at radius 2 is 1.69 bits per heavy atom. The zero-order chi connectivity index (χ0) is 21.0. The van der Waals surface area contributed by atoms with E-state index in [1.54, 1.807) is 37.3 Å². The van der Waals surface area contributed by atoms with Crippen LogP contribution < -0.4 is 14.4 Å². The SMILES string of the molecule is CCOc1ccc(N(C(C)C(=O)Nc2cccc3ccccc23)S(C)(=O)=O)cc1. The van der Waals surface area contributed by atoms with Gasteiger partial charge in [-0.2, -0.15) is 0 Å². The molecule has 1 amide bonds. The number of hydrogen-bond donors (Lipinski definition) is 1. The van der Waals surface area contributed by atoms with Gasteiger partial charge in [0.2, 0.25) is 15.9 Å². The first kappa shape index (κ1) is 20.7. The topological polar surface area (TPSA) is 75.7 Å². The predicted molar refractivity (Wildman–Crippen MR) is 117 cm³/mol. The summed E-state index contributed by atoms with van der Waals surface area (Å²) in [7, 11) is -3.69. The first-order valence-electron chi connectivity index (χ1n) is 9.32. The molecule has 7 heteroatoms. The Hall–Kier alpha value is -3.06. The van der Waals surface area contributed by atoms with Crippen LogP contribution in [0.15, 0.2) is 66.7 Å². The van der Waals surface area contributed by atoms with E-state index >= 15 is 0 Å². The summed E-state index contributed by atoms with van der Waals surface area (Å²) in [5.41, 5.74) is 1.04. The van der Waals surface area contributed by atoms with Gasteiger partial charge in [0.25, 0.3) is 0 Å². The zero-order valence-corrected chi connectivity index (χ0v) is 17.4. The molecule has 0 saturated heterocycles. The molecule has 0 heterocycles. The second kappa shape index (κ2) is 8.53. The fraction of sp³-hybridized carbons (Fsp3) is 0.227. The van der Waals surface area contributed by atoms with Crippen LogP contribution in [0.1, 0.15) is 13.8 Å². The van der Waals surface area contributed by atoms with E-state index in [9.17, 15) is 13.2 Å². The number of benzene rings is 3. The molecular formula is C22H24N2O4S. The van der Waals surface area contributed by atoms with Crippen LogP contribution in [-0.2, 0) is 14.8 Å². The molecule has 152 valence electrons. The third-order valence-electron chi connectivity index (χ3n) is 4.54. The third-order valence-corrected chi connectivity index (χ3v) is 5.78. The summed E-state index contributed by atoms with van der Waals surface area (Å²) in [6, 6.07) is 19.0. The summed E-state index contributed by atoms with van der Waals surface area (Å²) in [5.74, 6) is 0.221. The quantitative estimate of drug-likeness (QED) is 0.636. The predicted octanol–water partition coefficient (Wildman–Crippen LogP) is 4.03. The molecule has 0 aromatic heterocycles. The summed E-state index contributed by atoms with van der Waals surface area (Å²) < 4.78 is 31.5. The monoisotopic (exact) mass is 412 g/mol. The summed E-state index contributed by atoms with van der Waals surface area (Å²) in [4.78, 5) is 12.9. The molecule has 0 aliphatic heterocycles. The van der Waals surface area contributed by atoms with Gasteiger partial charge in [0.1, 0.15) is 11.8 Å². The van der Waals surface area contributed by atoms with Crippen molar-refractivity contribution in [3.05, 3.63) is 66.7 Å². The van der Waals surface area contributed by atoms with Gasteiger partial charge in [-0.25, -0.2) is 8.42 Å². The summed E-state index contributed by atoms with van der Waals surface area (Å²) in [6.45, 7) is 3.95. The highest BCUT2D eigenvalue weighted by atomic mass is 32.2. The number of amides is 1. The molecule has 3 aromatic carbocycles. The molecule has 1 N–H and O–H groups in total. The molecule has 0 aliphatic carbocycles. The minimum absolute atomic E-state index is 0.400. The van der Waals surface area contributed by atoms with Crippen molar-refractivity contribution in [3.63, 3.8) is 0 Å². The lowest BCUT2D eigenvalue weighted by atomic mass is 10.1. The highest BCUT2D eigenvalue weighted by Crippen LogP contribution is 2.26. The highest BCUT2D eigenvalue weighted by molar-refractivity contribution is 7.92. The van der Waals surface area contributed by atoms with Crippen molar-refractivity contribution in [3.8, 4) is 5.75 Å². The maximum absolute atomic E-state index is 12.9. The van der Waals surface area contributed by atoms with Crippen LogP contribution >= 0.6 is 0 Å². The lowest BCUT2D eigenvalue weighted by Gasteiger charge is -2.28. The molecule has 0 bridgehead atoms. The summed E-state index contributed by atoms with van der Waals surface area (Å²) in [6.07, 6.45) is 1.09. The smallest absolute Gasteiger partial charge is 0.248 e. The molecule has 0 spiro atoms. The number of rotatable bonds is 7. The molecule has 0 radical (unpaired) electrons. The van der Waals surface area contributed by atoms with Gasteiger partial charge in [-0.05, 0) is 49.6 Å². The number of carbonyl (C=O) groups excluding carboxylic acids is 1. The van der Waals surface area contributed by atoms with Crippen molar-refractivity contribution in [1.82, 2.24) is 0 Å². The van der Waals surface area contributed by atoms with Gasteiger partial charge in [-0.15, -0.1) is 0 Å². The van der Waals surface area contributed by atoms with Gasteiger partial charge in [0.05, 0.1) is 18.6 Å². The Balaban J connectivity index is 1.89. The van der Waals surface area contributed by atoms with Gasteiger partial charge < -0.3 is 10.1 Å². The van der Waals surface area contributed by atoms with E-state index in [-0.39, 0.29) is 0 Å². The second-order valence-corrected chi connectivity index (χ2v) is 8.54. The van der Waals surface area contributed by atoms with Gasteiger partial charge in [0, 0.05) is 11.1 Å². The Morgan fingerprint density at radius 3 is 2.34 bits per heavy atom. The molecule has 1 unspecified atom stereocenters. The molecule has 1 atom stereocenters. The molecule has 29 heavy (non-hydrogen) atoms. The largest absolute Gasteiger partial charge is 0.494 e. The van der Waals surface area contributed by atoms with E-state index in [0.717, 1.165) is 21.3 Å². The summed E-state index contributed by atoms with van der Waals surface area (Å²) >= 11 is 0. The van der Waals surface area contributed by atoms with E-state index < -0.39 is 22.0 Å². The lowest BCUT2D eigenvalue weighted by Crippen LogP contribution is -2.45. The molecule has 0 saturated carbocycles. The number of nitrogens with one attached hydrogen (secondary N) is 1. The zero-order valence-electron chi connectivity index (χ0n) is 16.6. The number of nitrogens with zero attached hydrogens (tertiary/aromatic N) is 1. The van der Waals surface area contributed by atoms with Crippen LogP contribution in [0.2, 0.25) is 0 Å². The van der Waals surface area contributed by atoms with Crippen LogP contribution in [0.3, 0.4) is 0 Å². The number of anilines is 2. The van der Waals surface area contributed by atoms with Crippen molar-refractivity contribution >= 4 is 38.1 Å². The molecule has 3 aromatic rings. The number of sulfonamides is 1. The minimum Gasteiger partial charge on any atom is -0.494 e. The summed E-state index contributed by atoms with van der Waals surface area (Å²) in [5, 5.41) is 4.75. The standard InChI is InChI=1S/C22H24N2O4S/c1-4-28-19-14-12-18(13-15-19)24(29(3,26)27)16(2)22(25)23-21-11-7-9-17-8-5-6-10-20(17)21/h5-16H,4H2,1-3H3,(H,23,25). The van der Waals surface area contributed by atoms with Crippen molar-refractivity contribution in [2.24, 2.45) is 0 Å². The van der Waals surface area contributed by atoms with Crippen molar-refractivity contribution in [2.75, 3.05) is 22.5 Å². The van der Waals surface area contributed by atoms with Crippen LogP contribution in [0.4, 0.5) is 11.4 Å². The molecular weight excluding hydrogens is 388 g/mol. The van der Waals surface area contributed by atoms with Crippen LogP contribution in [0, 0.1) is 0 Å². The first-order valence-corrected chi connectivity index (χ1v) is 11.2. The number of carbonyl (C=O) groups is 1. The van der Waals surface area contributed by atoms with Gasteiger partial charge in [-0.1, -0.05) is 36.4 Å². The normalized spacial score (nSPS) is 12.4. The van der Waals surface area contributed by atoms with Gasteiger partial charge in [0.15, 0.2) is 0 Å². The van der Waals surface area contributed by atoms with E-state index in [2.05, 4.69) is 5.32 Å². The highest BCUT2D eigenvalue weighted by Gasteiger charge is 2.29. The third kappa shape index (κ3) is 4.68. The fourth-order valence-electron chi connectivity index (χ4n) is 3.24. The van der Waals surface area contributed by atoms with Crippen LogP contribution in [-0.4, -0.2) is 33.2 Å². The average molecular weight is 413 g/mol.